The number of ether oxygens (including phenoxy) is 2. The summed E-state index contributed by atoms with van der Waals surface area (Å²) in [6, 6.07) is 16.1. The maximum Gasteiger partial charge on any atom is 0.221 e. The van der Waals surface area contributed by atoms with Crippen LogP contribution in [0.2, 0.25) is 0 Å². The lowest BCUT2D eigenvalue weighted by Gasteiger charge is -2.44. The summed E-state index contributed by atoms with van der Waals surface area (Å²) >= 11 is 0. The Morgan fingerprint density at radius 1 is 1.06 bits per heavy atom. The predicted octanol–water partition coefficient (Wildman–Crippen LogP) is 4.24. The van der Waals surface area contributed by atoms with Crippen LogP contribution < -0.4 is 10.5 Å². The van der Waals surface area contributed by atoms with Crippen LogP contribution in [-0.4, -0.2) is 45.9 Å². The first-order valence-electron chi connectivity index (χ1n) is 12.2. The van der Waals surface area contributed by atoms with Crippen molar-refractivity contribution in [2.45, 2.75) is 50.5 Å². The van der Waals surface area contributed by atoms with Crippen molar-refractivity contribution in [2.75, 3.05) is 13.7 Å². The SMILES string of the molecule is CN1OC2(CC(C3CCOC(C)(C)C3)Oc3ccc(-c4cccc(-n5cccc5)n4)cc32)N=C1N. The molecule has 8 nitrogen and oxygen atoms in total. The van der Waals surface area contributed by atoms with Crippen LogP contribution in [0.4, 0.5) is 0 Å². The summed E-state index contributed by atoms with van der Waals surface area (Å²) in [6.07, 6.45) is 6.38. The van der Waals surface area contributed by atoms with Gasteiger partial charge in [0.2, 0.25) is 11.7 Å². The highest BCUT2D eigenvalue weighted by Gasteiger charge is 2.51. The van der Waals surface area contributed by atoms with Crippen molar-refractivity contribution in [3.05, 3.63) is 66.5 Å². The summed E-state index contributed by atoms with van der Waals surface area (Å²) in [5, 5.41) is 1.55. The smallest absolute Gasteiger partial charge is 0.221 e. The highest BCUT2D eigenvalue weighted by Crippen LogP contribution is 2.49. The second kappa shape index (κ2) is 8.10. The molecule has 0 aliphatic carbocycles. The standard InChI is InChI=1S/C27H31N5O3/c1-26(2)16-19(11-14-33-26)23-17-27(30-25(28)31(3)35-27)20-15-18(9-10-22(20)34-23)21-7-6-8-24(29-21)32-12-4-5-13-32/h4-10,12-13,15,19,23H,11,14,16-17H2,1-3H3,(H2,28,30). The number of benzene rings is 1. The van der Waals surface area contributed by atoms with E-state index in [0.29, 0.717) is 18.3 Å². The molecule has 1 fully saturated rings. The number of nitrogens with two attached hydrogens (primary N) is 1. The maximum absolute atomic E-state index is 6.61. The summed E-state index contributed by atoms with van der Waals surface area (Å²) in [7, 11) is 1.79. The average molecular weight is 474 g/mol. The van der Waals surface area contributed by atoms with Crippen LogP contribution in [0.3, 0.4) is 0 Å². The van der Waals surface area contributed by atoms with Gasteiger partial charge in [-0.05, 0) is 69.2 Å². The van der Waals surface area contributed by atoms with Crippen molar-refractivity contribution < 1.29 is 14.3 Å². The van der Waals surface area contributed by atoms with Gasteiger partial charge in [0.15, 0.2) is 0 Å². The van der Waals surface area contributed by atoms with E-state index in [2.05, 4.69) is 26.0 Å². The zero-order valence-electron chi connectivity index (χ0n) is 20.3. The molecule has 3 atom stereocenters. The van der Waals surface area contributed by atoms with Crippen molar-refractivity contribution in [3.8, 4) is 22.8 Å². The Balaban J connectivity index is 1.39. The Kier molecular flexibility index (Phi) is 5.12. The van der Waals surface area contributed by atoms with E-state index in [9.17, 15) is 0 Å². The minimum absolute atomic E-state index is 0.0465. The lowest BCUT2D eigenvalue weighted by Crippen LogP contribution is -2.46. The van der Waals surface area contributed by atoms with Gasteiger partial charge >= 0.3 is 0 Å². The van der Waals surface area contributed by atoms with Crippen molar-refractivity contribution in [1.29, 1.82) is 0 Å². The van der Waals surface area contributed by atoms with Crippen molar-refractivity contribution >= 4 is 5.96 Å². The number of hydrogen-bond donors (Lipinski definition) is 1. The first-order valence-corrected chi connectivity index (χ1v) is 12.2. The molecule has 3 unspecified atom stereocenters. The Morgan fingerprint density at radius 2 is 1.89 bits per heavy atom. The zero-order chi connectivity index (χ0) is 24.2. The van der Waals surface area contributed by atoms with Crippen LogP contribution in [0.1, 0.15) is 38.7 Å². The molecule has 2 aromatic heterocycles. The minimum atomic E-state index is -0.923. The number of fused-ring (bicyclic) bond motifs is 2. The number of aliphatic imine (C=N–C) groups is 1. The molecule has 3 aromatic rings. The summed E-state index contributed by atoms with van der Waals surface area (Å²) in [4.78, 5) is 16.1. The van der Waals surface area contributed by atoms with Gasteiger partial charge in [0.25, 0.3) is 0 Å². The average Bonchev–Trinajstić information content (AvgIpc) is 3.47. The van der Waals surface area contributed by atoms with E-state index in [1.165, 1.54) is 0 Å². The largest absolute Gasteiger partial charge is 0.489 e. The molecule has 1 spiro atoms. The van der Waals surface area contributed by atoms with Crippen LogP contribution in [0, 0.1) is 5.92 Å². The van der Waals surface area contributed by atoms with Crippen LogP contribution in [0.15, 0.2) is 65.9 Å². The number of pyridine rings is 1. The van der Waals surface area contributed by atoms with Gasteiger partial charge in [0.05, 0.1) is 16.9 Å². The first kappa shape index (κ1) is 22.1. The van der Waals surface area contributed by atoms with Gasteiger partial charge in [0.1, 0.15) is 17.7 Å². The molecule has 0 saturated carbocycles. The van der Waals surface area contributed by atoms with Gasteiger partial charge in [-0.1, -0.05) is 6.07 Å². The lowest BCUT2D eigenvalue weighted by atomic mass is 9.79. The summed E-state index contributed by atoms with van der Waals surface area (Å²) in [5.74, 6) is 2.34. The Morgan fingerprint density at radius 3 is 2.63 bits per heavy atom. The molecule has 1 saturated heterocycles. The molecule has 5 heterocycles. The Labute approximate surface area is 205 Å². The van der Waals surface area contributed by atoms with E-state index < -0.39 is 5.72 Å². The van der Waals surface area contributed by atoms with E-state index in [1.807, 2.05) is 53.4 Å². The molecule has 182 valence electrons. The third kappa shape index (κ3) is 3.96. The van der Waals surface area contributed by atoms with Gasteiger partial charge in [-0.2, -0.15) is 0 Å². The fourth-order valence-electron chi connectivity index (χ4n) is 5.50. The third-order valence-electron chi connectivity index (χ3n) is 7.22. The highest BCUT2D eigenvalue weighted by atomic mass is 16.7. The number of hydrogen-bond acceptors (Lipinski definition) is 7. The maximum atomic E-state index is 6.61. The van der Waals surface area contributed by atoms with Gasteiger partial charge < -0.3 is 19.8 Å². The second-order valence-electron chi connectivity index (χ2n) is 10.2. The van der Waals surface area contributed by atoms with Gasteiger partial charge in [-0.15, -0.1) is 0 Å². The fraction of sp³-hybridized carbons (Fsp3) is 0.407. The zero-order valence-corrected chi connectivity index (χ0v) is 20.3. The number of nitrogens with zero attached hydrogens (tertiary/aromatic N) is 4. The number of hydroxylamine groups is 2. The first-order chi connectivity index (χ1) is 16.8. The quantitative estimate of drug-likeness (QED) is 0.612. The van der Waals surface area contributed by atoms with E-state index in [-0.39, 0.29) is 11.7 Å². The fourth-order valence-corrected chi connectivity index (χ4v) is 5.50. The third-order valence-corrected chi connectivity index (χ3v) is 7.22. The van der Waals surface area contributed by atoms with Crippen molar-refractivity contribution in [1.82, 2.24) is 14.6 Å². The predicted molar refractivity (Wildman–Crippen MR) is 133 cm³/mol. The Hall–Kier alpha value is -3.36. The summed E-state index contributed by atoms with van der Waals surface area (Å²) in [6.45, 7) is 5.01. The van der Waals surface area contributed by atoms with E-state index >= 15 is 0 Å². The lowest BCUT2D eigenvalue weighted by molar-refractivity contribution is -0.198. The second-order valence-corrected chi connectivity index (χ2v) is 10.2. The monoisotopic (exact) mass is 473 g/mol. The van der Waals surface area contributed by atoms with Crippen LogP contribution in [0.25, 0.3) is 17.1 Å². The molecule has 2 N–H and O–H groups in total. The molecule has 3 aliphatic heterocycles. The van der Waals surface area contributed by atoms with Crippen LogP contribution in [-0.2, 0) is 15.3 Å². The number of guanidine groups is 1. The molecule has 0 bridgehead atoms. The normalized spacial score (nSPS) is 27.4. The van der Waals surface area contributed by atoms with Gasteiger partial charge in [0, 0.05) is 44.0 Å². The summed E-state index contributed by atoms with van der Waals surface area (Å²) < 4.78 is 14.6. The molecule has 0 radical (unpaired) electrons. The van der Waals surface area contributed by atoms with Gasteiger partial charge in [-0.25, -0.2) is 19.9 Å². The molecule has 8 heteroatoms. The van der Waals surface area contributed by atoms with Crippen molar-refractivity contribution in [3.63, 3.8) is 0 Å². The van der Waals surface area contributed by atoms with Crippen molar-refractivity contribution in [2.24, 2.45) is 16.6 Å². The van der Waals surface area contributed by atoms with Crippen LogP contribution in [0.5, 0.6) is 5.75 Å². The topological polar surface area (TPSA) is 87.1 Å². The number of rotatable bonds is 3. The molecular formula is C27H31N5O3. The van der Waals surface area contributed by atoms with Gasteiger partial charge in [-0.3, -0.25) is 0 Å². The van der Waals surface area contributed by atoms with E-state index in [0.717, 1.165) is 47.8 Å². The molecular weight excluding hydrogens is 442 g/mol. The minimum Gasteiger partial charge on any atom is -0.489 e. The van der Waals surface area contributed by atoms with Crippen LogP contribution >= 0.6 is 0 Å². The molecule has 6 rings (SSSR count). The highest BCUT2D eigenvalue weighted by molar-refractivity contribution is 5.79. The number of aromatic nitrogens is 2. The molecule has 3 aliphatic rings. The molecule has 1 aromatic carbocycles. The molecule has 35 heavy (non-hydrogen) atoms. The Bertz CT molecular complexity index is 1270. The van der Waals surface area contributed by atoms with E-state index in [4.69, 9.17) is 30.0 Å². The van der Waals surface area contributed by atoms with E-state index in [1.54, 1.807) is 12.1 Å². The summed E-state index contributed by atoms with van der Waals surface area (Å²) in [5.41, 5.74) is 7.82. The molecule has 0 amide bonds.